The Bertz CT molecular complexity index is 1150. The lowest BCUT2D eigenvalue weighted by atomic mass is 10.3. The van der Waals surface area contributed by atoms with Crippen molar-refractivity contribution in [3.63, 3.8) is 0 Å². The van der Waals surface area contributed by atoms with Crippen LogP contribution in [0.25, 0.3) is 0 Å². The quantitative estimate of drug-likeness (QED) is 0.232. The topological polar surface area (TPSA) is 87.6 Å². The van der Waals surface area contributed by atoms with Crippen LogP contribution in [0.3, 0.4) is 0 Å². The molecule has 0 bridgehead atoms. The maximum atomic E-state index is 11.3. The molecule has 0 fully saturated rings. The molecule has 0 unspecified atom stereocenters. The standard InChI is InChI=1S/C10H8Cl5NO3.C9H6Cl5NO2/c1-3-18-9(17)19-7-5(11)4(2)16-8(6(7)12)10(13,14)15;1-3-5(10)7(17-4(2)16)6(11)8(15-3)9(12,13)14/h3H2,1-2H3;1-2H3. The molecule has 200 valence electrons. The van der Waals surface area contributed by atoms with Crippen molar-refractivity contribution in [1.82, 2.24) is 9.97 Å². The Balaban J connectivity index is 0.000000362. The first kappa shape index (κ1) is 34.0. The third kappa shape index (κ3) is 9.30. The summed E-state index contributed by atoms with van der Waals surface area (Å²) in [5, 5.41) is -0.126. The summed E-state index contributed by atoms with van der Waals surface area (Å²) in [5.41, 5.74) is 0.517. The number of halogens is 10. The van der Waals surface area contributed by atoms with E-state index < -0.39 is 19.7 Å². The SMILES string of the molecule is CC(=O)Oc1c(Cl)c(C)nc(C(Cl)(Cl)Cl)c1Cl.CCOC(=O)Oc1c(Cl)c(C)nc(C(Cl)(Cl)Cl)c1Cl. The number of hydrogen-bond acceptors (Lipinski definition) is 7. The van der Waals surface area contributed by atoms with E-state index in [0.717, 1.165) is 0 Å². The van der Waals surface area contributed by atoms with E-state index in [9.17, 15) is 9.59 Å². The molecule has 0 radical (unpaired) electrons. The number of ether oxygens (including phenoxy) is 3. The normalized spacial score (nSPS) is 11.4. The van der Waals surface area contributed by atoms with Gasteiger partial charge < -0.3 is 14.2 Å². The maximum absolute atomic E-state index is 11.3. The first-order valence-electron chi connectivity index (χ1n) is 9.21. The highest BCUT2D eigenvalue weighted by molar-refractivity contribution is 6.67. The molecule has 2 rings (SSSR count). The van der Waals surface area contributed by atoms with Crippen LogP contribution in [0, 0.1) is 13.8 Å². The van der Waals surface area contributed by atoms with Crippen LogP contribution in [0.1, 0.15) is 36.6 Å². The molecular formula is C19H14Cl10N2O5. The number of aryl methyl sites for hydroxylation is 2. The average molecular weight is 705 g/mol. The van der Waals surface area contributed by atoms with E-state index >= 15 is 0 Å². The van der Waals surface area contributed by atoms with E-state index in [0.29, 0.717) is 11.4 Å². The predicted molar refractivity (Wildman–Crippen MR) is 145 cm³/mol. The maximum Gasteiger partial charge on any atom is 0.513 e. The molecule has 0 N–H and O–H groups in total. The van der Waals surface area contributed by atoms with Gasteiger partial charge in [0.15, 0.2) is 11.5 Å². The number of esters is 1. The number of alkyl halides is 6. The molecule has 17 heteroatoms. The van der Waals surface area contributed by atoms with Crippen molar-refractivity contribution in [3.05, 3.63) is 42.9 Å². The van der Waals surface area contributed by atoms with Gasteiger partial charge in [0.2, 0.25) is 7.59 Å². The summed E-state index contributed by atoms with van der Waals surface area (Å²) in [4.78, 5) is 30.2. The number of rotatable bonds is 3. The first-order valence-corrected chi connectivity index (χ1v) is 13.0. The zero-order valence-electron chi connectivity index (χ0n) is 18.4. The molecule has 0 aliphatic rings. The summed E-state index contributed by atoms with van der Waals surface area (Å²) in [6.07, 6.45) is -0.966. The van der Waals surface area contributed by atoms with Crippen LogP contribution in [-0.2, 0) is 17.1 Å². The van der Waals surface area contributed by atoms with E-state index in [1.807, 2.05) is 0 Å². The summed E-state index contributed by atoms with van der Waals surface area (Å²) in [6, 6.07) is 0. The van der Waals surface area contributed by atoms with Crippen LogP contribution < -0.4 is 9.47 Å². The van der Waals surface area contributed by atoms with Crippen LogP contribution in [0.4, 0.5) is 4.79 Å². The minimum Gasteiger partial charge on any atom is -0.434 e. The Labute approximate surface area is 256 Å². The van der Waals surface area contributed by atoms with Gasteiger partial charge in [-0.05, 0) is 20.8 Å². The van der Waals surface area contributed by atoms with Gasteiger partial charge in [0.1, 0.15) is 31.5 Å². The summed E-state index contributed by atoms with van der Waals surface area (Å²) in [6.45, 7) is 6.09. The highest BCUT2D eigenvalue weighted by Crippen LogP contribution is 2.47. The van der Waals surface area contributed by atoms with Gasteiger partial charge in [-0.15, -0.1) is 0 Å². The largest absolute Gasteiger partial charge is 0.513 e. The lowest BCUT2D eigenvalue weighted by Gasteiger charge is -2.17. The van der Waals surface area contributed by atoms with Crippen molar-refractivity contribution in [3.8, 4) is 11.5 Å². The lowest BCUT2D eigenvalue weighted by Crippen LogP contribution is -2.14. The fourth-order valence-corrected chi connectivity index (χ4v) is 4.39. The summed E-state index contributed by atoms with van der Waals surface area (Å²) >= 11 is 58.1. The highest BCUT2D eigenvalue weighted by atomic mass is 35.6. The molecule has 2 aromatic heterocycles. The van der Waals surface area contributed by atoms with Crippen molar-refractivity contribution < 1.29 is 23.8 Å². The molecule has 0 saturated heterocycles. The van der Waals surface area contributed by atoms with Crippen molar-refractivity contribution in [2.24, 2.45) is 0 Å². The van der Waals surface area contributed by atoms with Gasteiger partial charge in [0.05, 0.1) is 18.0 Å². The van der Waals surface area contributed by atoms with E-state index in [2.05, 4.69) is 14.7 Å². The van der Waals surface area contributed by atoms with Gasteiger partial charge in [0.25, 0.3) is 0 Å². The van der Waals surface area contributed by atoms with E-state index in [1.165, 1.54) is 6.92 Å². The molecule has 2 heterocycles. The van der Waals surface area contributed by atoms with Gasteiger partial charge in [0, 0.05) is 6.92 Å². The second-order valence-electron chi connectivity index (χ2n) is 6.38. The van der Waals surface area contributed by atoms with Gasteiger partial charge in [-0.1, -0.05) is 116 Å². The number of nitrogens with zero attached hydrogens (tertiary/aromatic N) is 2. The van der Waals surface area contributed by atoms with Crippen molar-refractivity contribution in [2.75, 3.05) is 6.61 Å². The van der Waals surface area contributed by atoms with E-state index in [4.69, 9.17) is 125 Å². The smallest absolute Gasteiger partial charge is 0.434 e. The number of aromatic nitrogens is 2. The average Bonchev–Trinajstić information content (AvgIpc) is 2.72. The monoisotopic (exact) mass is 700 g/mol. The molecule has 0 amide bonds. The Kier molecular flexibility index (Phi) is 13.1. The molecule has 0 aromatic carbocycles. The minimum absolute atomic E-state index is 0.0380. The van der Waals surface area contributed by atoms with Crippen LogP contribution in [0.2, 0.25) is 20.1 Å². The van der Waals surface area contributed by atoms with Gasteiger partial charge >= 0.3 is 12.1 Å². The first-order chi connectivity index (χ1) is 16.3. The molecule has 36 heavy (non-hydrogen) atoms. The van der Waals surface area contributed by atoms with Crippen LogP contribution in [0.5, 0.6) is 11.5 Å². The van der Waals surface area contributed by atoms with Crippen LogP contribution in [-0.4, -0.2) is 28.7 Å². The third-order valence-corrected chi connectivity index (χ3v) is 6.30. The Hall–Kier alpha value is -0.0600. The Morgan fingerprint density at radius 2 is 1.08 bits per heavy atom. The van der Waals surface area contributed by atoms with E-state index in [1.54, 1.807) is 20.8 Å². The van der Waals surface area contributed by atoms with Crippen molar-refractivity contribution >= 4 is 128 Å². The summed E-state index contributed by atoms with van der Waals surface area (Å²) in [7, 11) is 0. The second-order valence-corrected chi connectivity index (χ2v) is 12.5. The Morgan fingerprint density at radius 3 is 1.39 bits per heavy atom. The molecule has 0 saturated carbocycles. The number of hydrogen-bond donors (Lipinski definition) is 0. The number of carbonyl (C=O) groups excluding carboxylic acids is 2. The van der Waals surface area contributed by atoms with Gasteiger partial charge in [-0.3, -0.25) is 14.8 Å². The lowest BCUT2D eigenvalue weighted by molar-refractivity contribution is -0.131. The summed E-state index contributed by atoms with van der Waals surface area (Å²) < 4.78 is 10.7. The number of carbonyl (C=O) groups is 2. The molecule has 7 nitrogen and oxygen atoms in total. The fourth-order valence-electron chi connectivity index (χ4n) is 2.20. The molecule has 0 spiro atoms. The zero-order valence-corrected chi connectivity index (χ0v) is 26.0. The number of pyridine rings is 2. The molecule has 0 aliphatic carbocycles. The fraction of sp³-hybridized carbons (Fsp3) is 0.368. The minimum atomic E-state index is -1.88. The Morgan fingerprint density at radius 1 is 0.722 bits per heavy atom. The van der Waals surface area contributed by atoms with Crippen molar-refractivity contribution in [2.45, 2.75) is 35.3 Å². The predicted octanol–water partition coefficient (Wildman–Crippen LogP) is 9.51. The molecule has 0 aliphatic heterocycles. The van der Waals surface area contributed by atoms with Gasteiger partial charge in [-0.25, -0.2) is 4.79 Å². The second kappa shape index (κ2) is 13.8. The van der Waals surface area contributed by atoms with Crippen molar-refractivity contribution in [1.29, 1.82) is 0 Å². The van der Waals surface area contributed by atoms with Gasteiger partial charge in [-0.2, -0.15) is 0 Å². The third-order valence-electron chi connectivity index (χ3n) is 3.64. The zero-order chi connectivity index (χ0) is 28.2. The molecule has 0 atom stereocenters. The summed E-state index contributed by atoms with van der Waals surface area (Å²) in [5.74, 6) is -0.806. The van der Waals surface area contributed by atoms with E-state index in [-0.39, 0.29) is 49.6 Å². The highest BCUT2D eigenvalue weighted by Gasteiger charge is 2.33. The van der Waals surface area contributed by atoms with Crippen LogP contribution in [0.15, 0.2) is 0 Å². The molecule has 2 aromatic rings. The molecular weight excluding hydrogens is 691 g/mol. The van der Waals surface area contributed by atoms with Crippen LogP contribution >= 0.6 is 116 Å².